The van der Waals surface area contributed by atoms with Gasteiger partial charge in [-0.2, -0.15) is 0 Å². The predicted octanol–water partition coefficient (Wildman–Crippen LogP) is 3.91. The Bertz CT molecular complexity index is 662. The molecule has 24 heavy (non-hydrogen) atoms. The summed E-state index contributed by atoms with van der Waals surface area (Å²) in [5, 5.41) is 0. The zero-order valence-corrected chi connectivity index (χ0v) is 15.0. The smallest absolute Gasteiger partial charge is 0.161 e. The largest absolute Gasteiger partial charge is 0.493 e. The fourth-order valence-electron chi connectivity index (χ4n) is 2.47. The summed E-state index contributed by atoms with van der Waals surface area (Å²) in [5.74, 6) is 2.29. The van der Waals surface area contributed by atoms with Crippen LogP contribution in [0.4, 0.5) is 0 Å². The topological polar surface area (TPSA) is 53.7 Å². The number of hydrogen-bond donors (Lipinski definition) is 1. The summed E-state index contributed by atoms with van der Waals surface area (Å²) < 4.78 is 17.0. The molecule has 0 amide bonds. The van der Waals surface area contributed by atoms with Crippen LogP contribution in [0.15, 0.2) is 42.5 Å². The van der Waals surface area contributed by atoms with Crippen molar-refractivity contribution in [3.63, 3.8) is 0 Å². The van der Waals surface area contributed by atoms with Crippen molar-refractivity contribution in [3.8, 4) is 17.2 Å². The highest BCUT2D eigenvalue weighted by Gasteiger charge is 2.18. The Labute approximate surface area is 144 Å². The van der Waals surface area contributed by atoms with Crippen LogP contribution < -0.4 is 19.9 Å². The molecule has 2 aromatic rings. The monoisotopic (exact) mass is 329 g/mol. The van der Waals surface area contributed by atoms with E-state index in [2.05, 4.69) is 26.8 Å². The molecule has 0 saturated carbocycles. The lowest BCUT2D eigenvalue weighted by molar-refractivity contribution is 0.208. The first-order chi connectivity index (χ1) is 11.5. The van der Waals surface area contributed by atoms with E-state index in [-0.39, 0.29) is 5.41 Å². The van der Waals surface area contributed by atoms with E-state index in [1.807, 2.05) is 36.4 Å². The highest BCUT2D eigenvalue weighted by Crippen LogP contribution is 2.31. The van der Waals surface area contributed by atoms with Crippen LogP contribution >= 0.6 is 0 Å². The molecule has 0 radical (unpaired) electrons. The van der Waals surface area contributed by atoms with Gasteiger partial charge in [-0.15, -0.1) is 0 Å². The first kappa shape index (κ1) is 18.1. The Hall–Kier alpha value is -2.20. The van der Waals surface area contributed by atoms with Gasteiger partial charge < -0.3 is 19.9 Å². The third kappa shape index (κ3) is 4.65. The summed E-state index contributed by atoms with van der Waals surface area (Å²) in [4.78, 5) is 0. The van der Waals surface area contributed by atoms with Crippen LogP contribution in [0.3, 0.4) is 0 Å². The minimum absolute atomic E-state index is 0.0404. The quantitative estimate of drug-likeness (QED) is 0.783. The minimum atomic E-state index is 0.0404. The summed E-state index contributed by atoms with van der Waals surface area (Å²) in [7, 11) is 1.62. The first-order valence-corrected chi connectivity index (χ1v) is 8.18. The second kappa shape index (κ2) is 8.06. The molecule has 0 aromatic heterocycles. The molecule has 2 rings (SSSR count). The van der Waals surface area contributed by atoms with Gasteiger partial charge in [-0.25, -0.2) is 0 Å². The highest BCUT2D eigenvalue weighted by molar-refractivity contribution is 5.43. The lowest BCUT2D eigenvalue weighted by atomic mass is 9.86. The number of benzene rings is 2. The molecule has 0 aliphatic heterocycles. The third-order valence-electron chi connectivity index (χ3n) is 3.76. The molecule has 2 N–H and O–H groups in total. The van der Waals surface area contributed by atoms with E-state index in [1.165, 1.54) is 5.56 Å². The van der Waals surface area contributed by atoms with Crippen molar-refractivity contribution in [2.45, 2.75) is 32.7 Å². The fraction of sp³-hybridized carbons (Fsp3) is 0.400. The zero-order valence-electron chi connectivity index (χ0n) is 15.0. The van der Waals surface area contributed by atoms with E-state index in [0.29, 0.717) is 31.3 Å². The summed E-state index contributed by atoms with van der Waals surface area (Å²) >= 11 is 0. The molecular weight excluding hydrogens is 302 g/mol. The second-order valence-corrected chi connectivity index (χ2v) is 6.63. The number of rotatable bonds is 7. The maximum Gasteiger partial charge on any atom is 0.161 e. The van der Waals surface area contributed by atoms with Gasteiger partial charge in [0, 0.05) is 6.54 Å². The maximum atomic E-state index is 5.92. The van der Waals surface area contributed by atoms with Gasteiger partial charge in [0.1, 0.15) is 19.0 Å². The Kier molecular flexibility index (Phi) is 6.10. The van der Waals surface area contributed by atoms with E-state index in [9.17, 15) is 0 Å². The van der Waals surface area contributed by atoms with E-state index in [1.54, 1.807) is 7.11 Å². The Balaban J connectivity index is 1.95. The first-order valence-electron chi connectivity index (χ1n) is 8.18. The van der Waals surface area contributed by atoms with Crippen molar-refractivity contribution in [1.29, 1.82) is 0 Å². The number of para-hydroxylation sites is 1. The molecular formula is C20H27NO3. The van der Waals surface area contributed by atoms with Crippen molar-refractivity contribution >= 4 is 0 Å². The average Bonchev–Trinajstić information content (AvgIpc) is 2.58. The molecule has 0 aliphatic rings. The lowest BCUT2D eigenvalue weighted by Crippen LogP contribution is -2.16. The molecule has 4 heteroatoms. The summed E-state index contributed by atoms with van der Waals surface area (Å²) in [6.45, 7) is 7.91. The molecule has 0 aliphatic carbocycles. The molecule has 4 nitrogen and oxygen atoms in total. The predicted molar refractivity (Wildman–Crippen MR) is 97.0 cm³/mol. The van der Waals surface area contributed by atoms with Crippen molar-refractivity contribution in [2.24, 2.45) is 5.73 Å². The Morgan fingerprint density at radius 2 is 1.54 bits per heavy atom. The zero-order chi connectivity index (χ0) is 17.6. The molecule has 0 saturated heterocycles. The summed E-state index contributed by atoms with van der Waals surface area (Å²) in [5.41, 5.74) is 7.88. The van der Waals surface area contributed by atoms with Crippen LogP contribution in [0.25, 0.3) is 0 Å². The van der Waals surface area contributed by atoms with Crippen molar-refractivity contribution in [2.75, 3.05) is 20.3 Å². The van der Waals surface area contributed by atoms with Crippen LogP contribution in [0.2, 0.25) is 0 Å². The van der Waals surface area contributed by atoms with Gasteiger partial charge in [0.2, 0.25) is 0 Å². The Morgan fingerprint density at radius 3 is 2.17 bits per heavy atom. The van der Waals surface area contributed by atoms with E-state index in [0.717, 1.165) is 11.3 Å². The molecule has 2 aromatic carbocycles. The molecule has 0 fully saturated rings. The van der Waals surface area contributed by atoms with E-state index in [4.69, 9.17) is 19.9 Å². The van der Waals surface area contributed by atoms with E-state index < -0.39 is 0 Å². The van der Waals surface area contributed by atoms with Gasteiger partial charge in [0.15, 0.2) is 11.5 Å². The van der Waals surface area contributed by atoms with Crippen molar-refractivity contribution < 1.29 is 14.2 Å². The van der Waals surface area contributed by atoms with Gasteiger partial charge in [0.25, 0.3) is 0 Å². The second-order valence-electron chi connectivity index (χ2n) is 6.63. The summed E-state index contributed by atoms with van der Waals surface area (Å²) in [6, 6.07) is 13.8. The lowest BCUT2D eigenvalue weighted by Gasteiger charge is -2.22. The molecule has 0 heterocycles. The molecule has 130 valence electrons. The Morgan fingerprint density at radius 1 is 0.875 bits per heavy atom. The van der Waals surface area contributed by atoms with E-state index >= 15 is 0 Å². The SMILES string of the molecule is COc1cc(CN)ccc1OCCOc1ccccc1C(C)(C)C. The minimum Gasteiger partial charge on any atom is -0.493 e. The van der Waals surface area contributed by atoms with Crippen LogP contribution in [0.5, 0.6) is 17.2 Å². The number of ether oxygens (including phenoxy) is 3. The standard InChI is InChI=1S/C20H27NO3/c1-20(2,3)16-7-5-6-8-17(16)23-11-12-24-18-10-9-15(14-21)13-19(18)22-4/h5-10,13H,11-12,14,21H2,1-4H3. The van der Waals surface area contributed by atoms with Crippen LogP contribution in [0, 0.1) is 0 Å². The van der Waals surface area contributed by atoms with Crippen LogP contribution in [0.1, 0.15) is 31.9 Å². The van der Waals surface area contributed by atoms with Crippen LogP contribution in [-0.4, -0.2) is 20.3 Å². The van der Waals surface area contributed by atoms with Gasteiger partial charge in [-0.3, -0.25) is 0 Å². The third-order valence-corrected chi connectivity index (χ3v) is 3.76. The number of methoxy groups -OCH3 is 1. The number of hydrogen-bond acceptors (Lipinski definition) is 4. The molecule has 0 spiro atoms. The molecule has 0 unspecified atom stereocenters. The van der Waals surface area contributed by atoms with Crippen molar-refractivity contribution in [3.05, 3.63) is 53.6 Å². The van der Waals surface area contributed by atoms with Crippen molar-refractivity contribution in [1.82, 2.24) is 0 Å². The van der Waals surface area contributed by atoms with Gasteiger partial charge in [-0.05, 0) is 34.7 Å². The maximum absolute atomic E-state index is 5.92. The summed E-state index contributed by atoms with van der Waals surface area (Å²) in [6.07, 6.45) is 0. The number of nitrogens with two attached hydrogens (primary N) is 1. The van der Waals surface area contributed by atoms with Gasteiger partial charge in [0.05, 0.1) is 7.11 Å². The van der Waals surface area contributed by atoms with Gasteiger partial charge in [-0.1, -0.05) is 45.0 Å². The average molecular weight is 329 g/mol. The normalized spacial score (nSPS) is 11.2. The fourth-order valence-corrected chi connectivity index (χ4v) is 2.47. The van der Waals surface area contributed by atoms with Crippen LogP contribution in [-0.2, 0) is 12.0 Å². The highest BCUT2D eigenvalue weighted by atomic mass is 16.5. The van der Waals surface area contributed by atoms with Gasteiger partial charge >= 0.3 is 0 Å². The molecule has 0 bridgehead atoms. The molecule has 0 atom stereocenters.